The molecule has 31 heavy (non-hydrogen) atoms. The monoisotopic (exact) mass is 409 g/mol. The molecule has 0 bridgehead atoms. The standard InChI is InChI=1S/C26H23N3O2/c1-31-26(30)24(20-11-5-2-6-12-20)17-21-18-27-19-28-25(21)29(22-13-7-3-8-14-22)23-15-9-4-10-16-23/h2-16,18-19,24H,17H2,1H3. The number of carbonyl (C=O) groups excluding carboxylic acids is 1. The highest BCUT2D eigenvalue weighted by Gasteiger charge is 2.25. The van der Waals surface area contributed by atoms with Crippen LogP contribution in [0.5, 0.6) is 0 Å². The van der Waals surface area contributed by atoms with E-state index in [1.165, 1.54) is 13.4 Å². The third-order valence-corrected chi connectivity index (χ3v) is 5.12. The van der Waals surface area contributed by atoms with Crippen LogP contribution in [0.2, 0.25) is 0 Å². The average Bonchev–Trinajstić information content (AvgIpc) is 2.85. The van der Waals surface area contributed by atoms with Gasteiger partial charge in [0.2, 0.25) is 0 Å². The lowest BCUT2D eigenvalue weighted by atomic mass is 9.92. The molecule has 154 valence electrons. The van der Waals surface area contributed by atoms with Gasteiger partial charge in [0, 0.05) is 23.1 Å². The van der Waals surface area contributed by atoms with Gasteiger partial charge >= 0.3 is 5.97 Å². The number of aromatic nitrogens is 2. The number of hydrogen-bond donors (Lipinski definition) is 0. The van der Waals surface area contributed by atoms with E-state index in [1.807, 2.05) is 91.0 Å². The fourth-order valence-corrected chi connectivity index (χ4v) is 3.63. The van der Waals surface area contributed by atoms with E-state index in [-0.39, 0.29) is 5.97 Å². The van der Waals surface area contributed by atoms with E-state index in [0.717, 1.165) is 28.3 Å². The molecule has 0 radical (unpaired) electrons. The molecule has 4 rings (SSSR count). The Kier molecular flexibility index (Phi) is 6.33. The topological polar surface area (TPSA) is 55.3 Å². The van der Waals surface area contributed by atoms with Crippen LogP contribution >= 0.6 is 0 Å². The summed E-state index contributed by atoms with van der Waals surface area (Å²) in [4.78, 5) is 23.6. The lowest BCUT2D eigenvalue weighted by Crippen LogP contribution is -2.20. The van der Waals surface area contributed by atoms with Gasteiger partial charge in [-0.1, -0.05) is 66.7 Å². The Morgan fingerprint density at radius 3 is 1.97 bits per heavy atom. The normalized spacial score (nSPS) is 11.5. The second kappa shape index (κ2) is 9.67. The van der Waals surface area contributed by atoms with Gasteiger partial charge in [-0.05, 0) is 36.2 Å². The van der Waals surface area contributed by atoms with Crippen molar-refractivity contribution in [2.75, 3.05) is 12.0 Å². The highest BCUT2D eigenvalue weighted by Crippen LogP contribution is 2.36. The van der Waals surface area contributed by atoms with Gasteiger partial charge in [0.1, 0.15) is 12.1 Å². The fourth-order valence-electron chi connectivity index (χ4n) is 3.63. The van der Waals surface area contributed by atoms with Crippen LogP contribution in [0, 0.1) is 0 Å². The van der Waals surface area contributed by atoms with Crippen LogP contribution in [-0.4, -0.2) is 23.0 Å². The van der Waals surface area contributed by atoms with Crippen molar-refractivity contribution in [3.63, 3.8) is 0 Å². The van der Waals surface area contributed by atoms with E-state index in [1.54, 1.807) is 6.20 Å². The van der Waals surface area contributed by atoms with Gasteiger partial charge in [-0.2, -0.15) is 0 Å². The van der Waals surface area contributed by atoms with Gasteiger partial charge in [0.25, 0.3) is 0 Å². The summed E-state index contributed by atoms with van der Waals surface area (Å²) < 4.78 is 5.12. The maximum absolute atomic E-state index is 12.7. The first-order chi connectivity index (χ1) is 15.3. The zero-order valence-corrected chi connectivity index (χ0v) is 17.3. The van der Waals surface area contributed by atoms with Crippen molar-refractivity contribution in [1.29, 1.82) is 0 Å². The Hall–Kier alpha value is -3.99. The second-order valence-electron chi connectivity index (χ2n) is 7.07. The van der Waals surface area contributed by atoms with Crippen LogP contribution in [0.15, 0.2) is 104 Å². The molecule has 0 fully saturated rings. The number of ether oxygens (including phenoxy) is 1. The van der Waals surface area contributed by atoms with Crippen molar-refractivity contribution in [3.8, 4) is 0 Å². The van der Waals surface area contributed by atoms with Gasteiger partial charge in [-0.25, -0.2) is 9.97 Å². The van der Waals surface area contributed by atoms with Crippen molar-refractivity contribution in [3.05, 3.63) is 115 Å². The molecule has 0 spiro atoms. The minimum absolute atomic E-state index is 0.285. The minimum Gasteiger partial charge on any atom is -0.469 e. The van der Waals surface area contributed by atoms with Gasteiger partial charge in [-0.3, -0.25) is 9.69 Å². The molecular formula is C26H23N3O2. The smallest absolute Gasteiger partial charge is 0.313 e. The Balaban J connectivity index is 1.80. The maximum atomic E-state index is 12.7. The number of para-hydroxylation sites is 2. The van der Waals surface area contributed by atoms with Crippen LogP contribution < -0.4 is 4.90 Å². The number of methoxy groups -OCH3 is 1. The molecule has 0 amide bonds. The molecule has 5 nitrogen and oxygen atoms in total. The molecule has 0 saturated carbocycles. The molecule has 5 heteroatoms. The predicted octanol–water partition coefficient (Wildman–Crippen LogP) is 5.45. The van der Waals surface area contributed by atoms with Gasteiger partial charge in [-0.15, -0.1) is 0 Å². The zero-order valence-electron chi connectivity index (χ0n) is 17.3. The first-order valence-electron chi connectivity index (χ1n) is 10.1. The summed E-state index contributed by atoms with van der Waals surface area (Å²) in [5.74, 6) is -0.00597. The van der Waals surface area contributed by atoms with E-state index in [2.05, 4.69) is 14.9 Å². The van der Waals surface area contributed by atoms with Gasteiger partial charge in [0.05, 0.1) is 13.0 Å². The number of rotatable bonds is 7. The van der Waals surface area contributed by atoms with Crippen molar-refractivity contribution in [2.24, 2.45) is 0 Å². The Labute approximate surface area is 182 Å². The molecule has 1 heterocycles. The zero-order chi connectivity index (χ0) is 21.5. The average molecular weight is 409 g/mol. The van der Waals surface area contributed by atoms with E-state index in [4.69, 9.17) is 4.74 Å². The van der Waals surface area contributed by atoms with E-state index >= 15 is 0 Å². The third-order valence-electron chi connectivity index (χ3n) is 5.12. The van der Waals surface area contributed by atoms with E-state index in [9.17, 15) is 4.79 Å². The van der Waals surface area contributed by atoms with Crippen LogP contribution in [0.3, 0.4) is 0 Å². The number of esters is 1. The molecule has 1 aromatic heterocycles. The number of nitrogens with zero attached hydrogens (tertiary/aromatic N) is 3. The minimum atomic E-state index is -0.454. The number of benzene rings is 3. The molecule has 0 saturated heterocycles. The largest absolute Gasteiger partial charge is 0.469 e. The molecule has 1 unspecified atom stereocenters. The van der Waals surface area contributed by atoms with Crippen molar-refractivity contribution >= 4 is 23.2 Å². The summed E-state index contributed by atoms with van der Waals surface area (Å²) >= 11 is 0. The molecule has 0 aliphatic heterocycles. The van der Waals surface area contributed by atoms with Crippen LogP contribution in [0.25, 0.3) is 0 Å². The number of carbonyl (C=O) groups is 1. The molecular weight excluding hydrogens is 386 g/mol. The SMILES string of the molecule is COC(=O)C(Cc1cncnc1N(c1ccccc1)c1ccccc1)c1ccccc1. The van der Waals surface area contributed by atoms with Crippen molar-refractivity contribution in [1.82, 2.24) is 9.97 Å². The quantitative estimate of drug-likeness (QED) is 0.380. The lowest BCUT2D eigenvalue weighted by Gasteiger charge is -2.27. The first-order valence-corrected chi connectivity index (χ1v) is 10.1. The van der Waals surface area contributed by atoms with Crippen LogP contribution in [-0.2, 0) is 16.0 Å². The molecule has 4 aromatic rings. The maximum Gasteiger partial charge on any atom is 0.313 e. The predicted molar refractivity (Wildman–Crippen MR) is 122 cm³/mol. The van der Waals surface area contributed by atoms with Crippen LogP contribution in [0.4, 0.5) is 17.2 Å². The van der Waals surface area contributed by atoms with Crippen molar-refractivity contribution in [2.45, 2.75) is 12.3 Å². The third kappa shape index (κ3) is 4.61. The Bertz CT molecular complexity index is 1080. The molecule has 1 atom stereocenters. The van der Waals surface area contributed by atoms with E-state index < -0.39 is 5.92 Å². The highest BCUT2D eigenvalue weighted by molar-refractivity contribution is 5.80. The van der Waals surface area contributed by atoms with Gasteiger partial charge < -0.3 is 4.74 Å². The van der Waals surface area contributed by atoms with E-state index in [0.29, 0.717) is 6.42 Å². The molecule has 0 N–H and O–H groups in total. The van der Waals surface area contributed by atoms with Crippen LogP contribution in [0.1, 0.15) is 17.0 Å². The van der Waals surface area contributed by atoms with Crippen molar-refractivity contribution < 1.29 is 9.53 Å². The highest BCUT2D eigenvalue weighted by atomic mass is 16.5. The summed E-state index contributed by atoms with van der Waals surface area (Å²) in [5.41, 5.74) is 3.70. The summed E-state index contributed by atoms with van der Waals surface area (Å²) in [7, 11) is 1.42. The molecule has 0 aliphatic rings. The summed E-state index contributed by atoms with van der Waals surface area (Å²) in [6.07, 6.45) is 3.73. The summed E-state index contributed by atoms with van der Waals surface area (Å²) in [6, 6.07) is 29.7. The Morgan fingerprint density at radius 1 is 0.871 bits per heavy atom. The Morgan fingerprint density at radius 2 is 1.42 bits per heavy atom. The van der Waals surface area contributed by atoms with Gasteiger partial charge in [0.15, 0.2) is 0 Å². The molecule has 3 aromatic carbocycles. The summed E-state index contributed by atoms with van der Waals surface area (Å²) in [5, 5.41) is 0. The molecule has 0 aliphatic carbocycles. The fraction of sp³-hybridized carbons (Fsp3) is 0.115. The lowest BCUT2D eigenvalue weighted by molar-refractivity contribution is -0.142. The number of anilines is 3. The second-order valence-corrected chi connectivity index (χ2v) is 7.07. The summed E-state index contributed by atoms with van der Waals surface area (Å²) in [6.45, 7) is 0. The number of hydrogen-bond acceptors (Lipinski definition) is 5. The first kappa shape index (κ1) is 20.3.